The quantitative estimate of drug-likeness (QED) is 0.367. The van der Waals surface area contributed by atoms with Crippen molar-refractivity contribution in [1.29, 1.82) is 0 Å². The summed E-state index contributed by atoms with van der Waals surface area (Å²) in [4.78, 5) is 20.7. The molecule has 192 valence electrons. The molecule has 0 saturated heterocycles. The van der Waals surface area contributed by atoms with E-state index in [4.69, 9.17) is 4.74 Å². The second kappa shape index (κ2) is 10.0. The predicted octanol–water partition coefficient (Wildman–Crippen LogP) is 4.91. The Morgan fingerprint density at radius 3 is 2.35 bits per heavy atom. The lowest BCUT2D eigenvalue weighted by atomic mass is 10.0. The molecular weight excluding hydrogens is 486 g/mol. The molecule has 2 atom stereocenters. The van der Waals surface area contributed by atoms with E-state index in [-0.39, 0.29) is 18.2 Å². The molecule has 1 amide bonds. The van der Waals surface area contributed by atoms with Crippen molar-refractivity contribution in [3.05, 3.63) is 77.0 Å². The molecule has 0 bridgehead atoms. The number of pyridine rings is 1. The Kier molecular flexibility index (Phi) is 6.56. The highest BCUT2D eigenvalue weighted by molar-refractivity contribution is 7.90. The maximum absolute atomic E-state index is 13.1. The number of benzene rings is 2. The molecule has 2 unspecified atom stereocenters. The van der Waals surface area contributed by atoms with E-state index >= 15 is 0 Å². The second-order valence-corrected chi connectivity index (χ2v) is 11.6. The molecule has 6 rings (SSSR count). The van der Waals surface area contributed by atoms with Crippen LogP contribution in [0.3, 0.4) is 0 Å². The maximum atomic E-state index is 13.1. The molecule has 1 aliphatic heterocycles. The number of carbonyl (C=O) groups excluding carboxylic acids is 1. The van der Waals surface area contributed by atoms with Crippen molar-refractivity contribution in [2.45, 2.75) is 48.5 Å². The normalized spacial score (nSPS) is 18.5. The summed E-state index contributed by atoms with van der Waals surface area (Å²) in [6.07, 6.45) is 6.81. The van der Waals surface area contributed by atoms with Crippen molar-refractivity contribution in [3.8, 4) is 5.88 Å². The van der Waals surface area contributed by atoms with Gasteiger partial charge in [0.05, 0.1) is 19.2 Å². The van der Waals surface area contributed by atoms with E-state index in [0.717, 1.165) is 22.7 Å². The van der Waals surface area contributed by atoms with Crippen molar-refractivity contribution in [2.24, 2.45) is 0 Å². The van der Waals surface area contributed by atoms with Crippen LogP contribution < -0.4 is 15.0 Å². The number of fused-ring (bicyclic) bond motifs is 1. The van der Waals surface area contributed by atoms with E-state index in [2.05, 4.69) is 33.4 Å². The van der Waals surface area contributed by atoms with Crippen LogP contribution in [0.4, 0.5) is 11.4 Å². The standard InChI is InChI=1S/C29H31N3O4S/c1-37(35)24-8-6-20(7-9-24)26(17-33)30-28(34)25-10-11-27-29(31-25)36-13-12-32(27)23-15-21(18-2-3-18)14-22(16-23)19-4-5-19/h6-11,14-16,18-19,26,33,35H,2-5,12-13,17H2,1H3/p+1. The first-order valence-electron chi connectivity index (χ1n) is 12.9. The fourth-order valence-corrected chi connectivity index (χ4v) is 5.51. The number of aliphatic hydroxyl groups excluding tert-OH is 1. The van der Waals surface area contributed by atoms with Crippen LogP contribution in [0, 0.1) is 0 Å². The van der Waals surface area contributed by atoms with Crippen LogP contribution >= 0.6 is 0 Å². The van der Waals surface area contributed by atoms with Gasteiger partial charge in [-0.3, -0.25) is 4.79 Å². The second-order valence-electron chi connectivity index (χ2n) is 10.2. The summed E-state index contributed by atoms with van der Waals surface area (Å²) in [5, 5.41) is 12.8. The van der Waals surface area contributed by atoms with Crippen molar-refractivity contribution in [1.82, 2.24) is 10.3 Å². The van der Waals surface area contributed by atoms with Crippen molar-refractivity contribution in [2.75, 3.05) is 30.9 Å². The zero-order chi connectivity index (χ0) is 25.5. The summed E-state index contributed by atoms with van der Waals surface area (Å²) < 4.78 is 15.7. The average Bonchev–Trinajstić information content (AvgIpc) is 3.84. The van der Waals surface area contributed by atoms with Gasteiger partial charge >= 0.3 is 0 Å². The van der Waals surface area contributed by atoms with Gasteiger partial charge in [-0.2, -0.15) is 4.55 Å². The number of amides is 1. The molecule has 2 aliphatic carbocycles. The molecule has 1 aromatic heterocycles. The number of hydrogen-bond acceptors (Lipinski definition) is 6. The summed E-state index contributed by atoms with van der Waals surface area (Å²) in [5.41, 5.74) is 5.92. The van der Waals surface area contributed by atoms with Crippen molar-refractivity contribution >= 4 is 28.5 Å². The summed E-state index contributed by atoms with van der Waals surface area (Å²) in [7, 11) is 0. The lowest BCUT2D eigenvalue weighted by molar-refractivity contribution is 0.0910. The highest BCUT2D eigenvalue weighted by Crippen LogP contribution is 2.47. The van der Waals surface area contributed by atoms with E-state index in [1.54, 1.807) is 24.5 Å². The van der Waals surface area contributed by atoms with E-state index in [0.29, 0.717) is 24.3 Å². The fourth-order valence-electron chi connectivity index (χ4n) is 4.98. The molecule has 2 fully saturated rings. The summed E-state index contributed by atoms with van der Waals surface area (Å²) in [5.74, 6) is 1.44. The number of carbonyl (C=O) groups is 1. The van der Waals surface area contributed by atoms with Gasteiger partial charge in [0.25, 0.3) is 5.91 Å². The Labute approximate surface area is 220 Å². The van der Waals surface area contributed by atoms with Crippen LogP contribution in [0.5, 0.6) is 5.88 Å². The molecule has 3 aliphatic rings. The van der Waals surface area contributed by atoms with E-state index < -0.39 is 17.2 Å². The molecule has 2 aromatic carbocycles. The largest absolute Gasteiger partial charge is 0.474 e. The topological polar surface area (TPSA) is 94.9 Å². The van der Waals surface area contributed by atoms with E-state index in [1.807, 2.05) is 18.2 Å². The molecule has 0 spiro atoms. The Balaban J connectivity index is 1.23. The molecule has 2 heterocycles. The summed E-state index contributed by atoms with van der Waals surface area (Å²) >= 11 is -0.841. The zero-order valence-electron chi connectivity index (χ0n) is 20.9. The monoisotopic (exact) mass is 518 g/mol. The van der Waals surface area contributed by atoms with Gasteiger partial charge in [-0.05, 0) is 90.6 Å². The molecule has 3 aromatic rings. The van der Waals surface area contributed by atoms with Crippen LogP contribution in [0.1, 0.15) is 70.7 Å². The molecule has 8 heteroatoms. The third-order valence-corrected chi connectivity index (χ3v) is 8.35. The Morgan fingerprint density at radius 2 is 1.76 bits per heavy atom. The number of ether oxygens (including phenoxy) is 1. The first-order valence-corrected chi connectivity index (χ1v) is 14.5. The Morgan fingerprint density at radius 1 is 1.08 bits per heavy atom. The third-order valence-electron chi connectivity index (χ3n) is 7.40. The minimum absolute atomic E-state index is 0.242. The van der Waals surface area contributed by atoms with Gasteiger partial charge < -0.3 is 20.1 Å². The highest BCUT2D eigenvalue weighted by Gasteiger charge is 2.31. The molecule has 37 heavy (non-hydrogen) atoms. The predicted molar refractivity (Wildman–Crippen MR) is 145 cm³/mol. The lowest BCUT2D eigenvalue weighted by Gasteiger charge is -2.31. The first-order chi connectivity index (χ1) is 18.0. The number of rotatable bonds is 8. The number of nitrogens with zero attached hydrogens (tertiary/aromatic N) is 2. The molecule has 3 N–H and O–H groups in total. The first kappa shape index (κ1) is 24.3. The van der Waals surface area contributed by atoms with Crippen LogP contribution in [-0.4, -0.2) is 46.6 Å². The smallest absolute Gasteiger partial charge is 0.270 e. The highest BCUT2D eigenvalue weighted by atomic mass is 32.2. The molecule has 0 radical (unpaired) electrons. The number of aliphatic hydroxyl groups is 1. The van der Waals surface area contributed by atoms with Gasteiger partial charge in [0.1, 0.15) is 24.2 Å². The van der Waals surface area contributed by atoms with Crippen LogP contribution in [-0.2, 0) is 11.2 Å². The van der Waals surface area contributed by atoms with E-state index in [9.17, 15) is 14.5 Å². The van der Waals surface area contributed by atoms with Crippen molar-refractivity contribution < 1.29 is 19.2 Å². The van der Waals surface area contributed by atoms with Gasteiger partial charge in [-0.15, -0.1) is 0 Å². The van der Waals surface area contributed by atoms with Crippen LogP contribution in [0.2, 0.25) is 0 Å². The fraction of sp³-hybridized carbons (Fsp3) is 0.379. The molecule has 2 saturated carbocycles. The minimum atomic E-state index is -0.841. The zero-order valence-corrected chi connectivity index (χ0v) is 21.7. The van der Waals surface area contributed by atoms with Gasteiger partial charge in [-0.25, -0.2) is 4.98 Å². The average molecular weight is 519 g/mol. The maximum Gasteiger partial charge on any atom is 0.270 e. The van der Waals surface area contributed by atoms with Gasteiger partial charge in [0.2, 0.25) is 5.88 Å². The SMILES string of the molecule is C[S+](O)c1ccc(C(CO)NC(=O)c2ccc3c(n2)OCCN3c2cc(C3CC3)cc(C3CC3)c2)cc1. The number of aromatic nitrogens is 1. The number of anilines is 2. The van der Waals surface area contributed by atoms with E-state index in [1.165, 1.54) is 42.5 Å². The number of nitrogens with one attached hydrogen (secondary N) is 1. The van der Waals surface area contributed by atoms with Gasteiger partial charge in [0, 0.05) is 5.69 Å². The Bertz CT molecular complexity index is 1270. The lowest BCUT2D eigenvalue weighted by Crippen LogP contribution is -2.33. The van der Waals surface area contributed by atoms with Gasteiger partial charge in [0.15, 0.2) is 16.1 Å². The van der Waals surface area contributed by atoms with Crippen LogP contribution in [0.15, 0.2) is 59.5 Å². The summed E-state index contributed by atoms with van der Waals surface area (Å²) in [6.45, 7) is 0.971. The number of hydrogen-bond donors (Lipinski definition) is 3. The summed E-state index contributed by atoms with van der Waals surface area (Å²) in [6, 6.07) is 17.3. The van der Waals surface area contributed by atoms with Gasteiger partial charge in [-0.1, -0.05) is 18.2 Å². The van der Waals surface area contributed by atoms with Crippen molar-refractivity contribution in [3.63, 3.8) is 0 Å². The third kappa shape index (κ3) is 5.19. The molecular formula is C29H32N3O4S+. The minimum Gasteiger partial charge on any atom is -0.474 e. The molecule has 7 nitrogen and oxygen atoms in total. The Hall–Kier alpha value is -3.07. The van der Waals surface area contributed by atoms with Crippen LogP contribution in [0.25, 0.3) is 0 Å².